The molecular formula is C16H18N4. The lowest BCUT2D eigenvalue weighted by Gasteiger charge is -2.16. The molecule has 0 aliphatic heterocycles. The normalized spacial score (nSPS) is 12.7. The number of rotatable bonds is 4. The molecule has 0 amide bonds. The predicted octanol–water partition coefficient (Wildman–Crippen LogP) is 2.76. The Kier molecular flexibility index (Phi) is 3.48. The van der Waals surface area contributed by atoms with Crippen LogP contribution in [0.2, 0.25) is 0 Å². The predicted molar refractivity (Wildman–Crippen MR) is 80.5 cm³/mol. The molecule has 20 heavy (non-hydrogen) atoms. The summed E-state index contributed by atoms with van der Waals surface area (Å²) in [6.07, 6.45) is 5.85. The topological polar surface area (TPSA) is 42.7 Å². The number of nitrogens with one attached hydrogen (secondary N) is 1. The summed E-state index contributed by atoms with van der Waals surface area (Å²) in [5.74, 6) is 0. The van der Waals surface area contributed by atoms with Crippen molar-refractivity contribution in [2.24, 2.45) is 0 Å². The lowest BCUT2D eigenvalue weighted by atomic mass is 10.0. The van der Waals surface area contributed by atoms with Gasteiger partial charge < -0.3 is 5.32 Å². The molecule has 4 nitrogen and oxygen atoms in total. The molecule has 0 fully saturated rings. The largest absolute Gasteiger partial charge is 0.308 e. The first-order valence-corrected chi connectivity index (χ1v) is 6.86. The Hall–Kier alpha value is -2.20. The van der Waals surface area contributed by atoms with Crippen LogP contribution >= 0.6 is 0 Å². The van der Waals surface area contributed by atoms with Crippen molar-refractivity contribution in [1.82, 2.24) is 20.1 Å². The van der Waals surface area contributed by atoms with E-state index in [4.69, 9.17) is 0 Å². The molecule has 1 aromatic carbocycles. The Labute approximate surface area is 118 Å². The van der Waals surface area contributed by atoms with Crippen molar-refractivity contribution in [2.75, 3.05) is 7.05 Å². The van der Waals surface area contributed by atoms with Crippen LogP contribution in [0.3, 0.4) is 0 Å². The molecule has 0 aliphatic carbocycles. The number of nitrogens with zero attached hydrogens (tertiary/aromatic N) is 3. The van der Waals surface area contributed by atoms with E-state index in [1.807, 2.05) is 30.2 Å². The number of fused-ring (bicyclic) bond motifs is 1. The molecule has 102 valence electrons. The zero-order valence-electron chi connectivity index (χ0n) is 11.7. The lowest BCUT2D eigenvalue weighted by Crippen LogP contribution is -2.18. The Morgan fingerprint density at radius 3 is 2.85 bits per heavy atom. The SMILES string of the molecule is CCn1cc(C(NC)c2nccc3ccccc23)cn1. The fourth-order valence-corrected chi connectivity index (χ4v) is 2.54. The van der Waals surface area contributed by atoms with Gasteiger partial charge in [-0.1, -0.05) is 24.3 Å². The number of benzene rings is 1. The number of pyridine rings is 1. The van der Waals surface area contributed by atoms with Crippen molar-refractivity contribution in [2.45, 2.75) is 19.5 Å². The van der Waals surface area contributed by atoms with Gasteiger partial charge in [-0.15, -0.1) is 0 Å². The maximum Gasteiger partial charge on any atom is 0.0786 e. The summed E-state index contributed by atoms with van der Waals surface area (Å²) in [6.45, 7) is 2.96. The minimum Gasteiger partial charge on any atom is -0.308 e. The minimum absolute atomic E-state index is 0.0569. The Morgan fingerprint density at radius 1 is 1.25 bits per heavy atom. The third-order valence-corrected chi connectivity index (χ3v) is 3.58. The molecule has 0 radical (unpaired) electrons. The average molecular weight is 266 g/mol. The van der Waals surface area contributed by atoms with Crippen molar-refractivity contribution in [3.63, 3.8) is 0 Å². The quantitative estimate of drug-likeness (QED) is 0.789. The fraction of sp³-hybridized carbons (Fsp3) is 0.250. The van der Waals surface area contributed by atoms with E-state index in [0.29, 0.717) is 0 Å². The van der Waals surface area contributed by atoms with Crippen LogP contribution in [0.5, 0.6) is 0 Å². The number of hydrogen-bond acceptors (Lipinski definition) is 3. The van der Waals surface area contributed by atoms with Gasteiger partial charge in [0.2, 0.25) is 0 Å². The van der Waals surface area contributed by atoms with Crippen LogP contribution in [-0.4, -0.2) is 21.8 Å². The van der Waals surface area contributed by atoms with E-state index in [0.717, 1.165) is 17.8 Å². The van der Waals surface area contributed by atoms with Gasteiger partial charge >= 0.3 is 0 Å². The third-order valence-electron chi connectivity index (χ3n) is 3.58. The molecule has 1 N–H and O–H groups in total. The molecule has 4 heteroatoms. The molecular weight excluding hydrogens is 248 g/mol. The summed E-state index contributed by atoms with van der Waals surface area (Å²) in [6, 6.07) is 10.4. The summed E-state index contributed by atoms with van der Waals surface area (Å²) < 4.78 is 1.94. The number of hydrogen-bond donors (Lipinski definition) is 1. The average Bonchev–Trinajstić information content (AvgIpc) is 2.97. The van der Waals surface area contributed by atoms with Crippen LogP contribution in [0.15, 0.2) is 48.9 Å². The van der Waals surface area contributed by atoms with E-state index in [9.17, 15) is 0 Å². The monoisotopic (exact) mass is 266 g/mol. The highest BCUT2D eigenvalue weighted by Gasteiger charge is 2.17. The van der Waals surface area contributed by atoms with Crippen molar-refractivity contribution in [1.29, 1.82) is 0 Å². The fourth-order valence-electron chi connectivity index (χ4n) is 2.54. The molecule has 2 aromatic heterocycles. The highest BCUT2D eigenvalue weighted by atomic mass is 15.3. The Bertz CT molecular complexity index is 712. The van der Waals surface area contributed by atoms with Crippen LogP contribution in [0, 0.1) is 0 Å². The van der Waals surface area contributed by atoms with E-state index >= 15 is 0 Å². The van der Waals surface area contributed by atoms with E-state index in [1.165, 1.54) is 10.8 Å². The van der Waals surface area contributed by atoms with Crippen molar-refractivity contribution in [3.8, 4) is 0 Å². The zero-order valence-corrected chi connectivity index (χ0v) is 11.7. The molecule has 2 heterocycles. The summed E-state index contributed by atoms with van der Waals surface area (Å²) in [5.41, 5.74) is 2.18. The standard InChI is InChI=1S/C16H18N4/c1-3-20-11-13(10-19-20)15(17-2)16-14-7-5-4-6-12(14)8-9-18-16/h4-11,15,17H,3H2,1-2H3. The van der Waals surface area contributed by atoms with Gasteiger partial charge in [-0.2, -0.15) is 5.10 Å². The van der Waals surface area contributed by atoms with E-state index in [1.54, 1.807) is 0 Å². The van der Waals surface area contributed by atoms with Crippen LogP contribution < -0.4 is 5.32 Å². The van der Waals surface area contributed by atoms with Gasteiger partial charge in [0.1, 0.15) is 0 Å². The van der Waals surface area contributed by atoms with Gasteiger partial charge in [0, 0.05) is 29.9 Å². The zero-order chi connectivity index (χ0) is 13.9. The van der Waals surface area contributed by atoms with Gasteiger partial charge in [0.25, 0.3) is 0 Å². The first-order valence-electron chi connectivity index (χ1n) is 6.86. The highest BCUT2D eigenvalue weighted by molar-refractivity contribution is 5.85. The van der Waals surface area contributed by atoms with E-state index in [2.05, 4.69) is 52.8 Å². The van der Waals surface area contributed by atoms with E-state index < -0.39 is 0 Å². The summed E-state index contributed by atoms with van der Waals surface area (Å²) in [7, 11) is 1.96. The molecule has 0 spiro atoms. The van der Waals surface area contributed by atoms with Gasteiger partial charge in [-0.25, -0.2) is 0 Å². The highest BCUT2D eigenvalue weighted by Crippen LogP contribution is 2.26. The molecule has 0 saturated carbocycles. The van der Waals surface area contributed by atoms with Crippen molar-refractivity contribution < 1.29 is 0 Å². The number of aromatic nitrogens is 3. The molecule has 1 atom stereocenters. The minimum atomic E-state index is 0.0569. The van der Waals surface area contributed by atoms with Crippen LogP contribution in [0.1, 0.15) is 24.2 Å². The van der Waals surface area contributed by atoms with Crippen LogP contribution in [0.4, 0.5) is 0 Å². The van der Waals surface area contributed by atoms with Crippen LogP contribution in [0.25, 0.3) is 10.8 Å². The first kappa shape index (κ1) is 12.8. The lowest BCUT2D eigenvalue weighted by molar-refractivity contribution is 0.651. The van der Waals surface area contributed by atoms with Gasteiger partial charge in [-0.05, 0) is 25.4 Å². The summed E-state index contributed by atoms with van der Waals surface area (Å²) in [5, 5.41) is 10.1. The van der Waals surface area contributed by atoms with Gasteiger partial charge in [0.05, 0.1) is 17.9 Å². The molecule has 3 rings (SSSR count). The maximum absolute atomic E-state index is 4.59. The van der Waals surface area contributed by atoms with E-state index in [-0.39, 0.29) is 6.04 Å². The Morgan fingerprint density at radius 2 is 2.10 bits per heavy atom. The molecule has 0 saturated heterocycles. The second-order valence-electron chi connectivity index (χ2n) is 4.77. The van der Waals surface area contributed by atoms with Gasteiger partial charge in [-0.3, -0.25) is 9.67 Å². The van der Waals surface area contributed by atoms with Crippen molar-refractivity contribution >= 4 is 10.8 Å². The maximum atomic E-state index is 4.59. The smallest absolute Gasteiger partial charge is 0.0786 e. The number of aryl methyl sites for hydroxylation is 1. The van der Waals surface area contributed by atoms with Crippen molar-refractivity contribution in [3.05, 3.63) is 60.2 Å². The molecule has 3 aromatic rings. The van der Waals surface area contributed by atoms with Crippen LogP contribution in [-0.2, 0) is 6.54 Å². The molecule has 0 aliphatic rings. The second kappa shape index (κ2) is 5.43. The Balaban J connectivity index is 2.11. The second-order valence-corrected chi connectivity index (χ2v) is 4.77. The summed E-state index contributed by atoms with van der Waals surface area (Å²) in [4.78, 5) is 4.59. The first-order chi connectivity index (χ1) is 9.83. The third kappa shape index (κ3) is 2.18. The van der Waals surface area contributed by atoms with Gasteiger partial charge in [0.15, 0.2) is 0 Å². The molecule has 0 bridgehead atoms. The summed E-state index contributed by atoms with van der Waals surface area (Å²) >= 11 is 0. The molecule has 1 unspecified atom stereocenters.